The van der Waals surface area contributed by atoms with Crippen molar-refractivity contribution in [3.8, 4) is 0 Å². The van der Waals surface area contributed by atoms with Crippen molar-refractivity contribution in [1.82, 2.24) is 13.9 Å². The number of esters is 1. The Morgan fingerprint density at radius 1 is 1.10 bits per heavy atom. The molecule has 0 aliphatic carbocycles. The second-order valence-corrected chi connectivity index (χ2v) is 8.85. The molecule has 2 rings (SSSR count). The third-order valence-corrected chi connectivity index (χ3v) is 5.98. The molecule has 1 N–H and O–H groups in total. The van der Waals surface area contributed by atoms with Crippen LogP contribution in [0.4, 0.5) is 0 Å². The first kappa shape index (κ1) is 22.6. The van der Waals surface area contributed by atoms with Crippen molar-refractivity contribution in [3.63, 3.8) is 0 Å². The zero-order chi connectivity index (χ0) is 21.9. The summed E-state index contributed by atoms with van der Waals surface area (Å²) in [5, 5.41) is 0. The van der Waals surface area contributed by atoms with Gasteiger partial charge in [0.1, 0.15) is 12.6 Å². The smallest absolute Gasteiger partial charge is 0.330 e. The summed E-state index contributed by atoms with van der Waals surface area (Å²) in [6.07, 6.45) is 0. The molecule has 0 unspecified atom stereocenters. The van der Waals surface area contributed by atoms with Crippen LogP contribution in [-0.4, -0.2) is 29.6 Å². The van der Waals surface area contributed by atoms with Gasteiger partial charge in [0.05, 0.1) is 10.6 Å². The van der Waals surface area contributed by atoms with Gasteiger partial charge in [-0.15, -0.1) is 0 Å². The largest absolute Gasteiger partial charge is 0.458 e. The molecule has 0 aliphatic heterocycles. The summed E-state index contributed by atoms with van der Waals surface area (Å²) in [6.45, 7) is 4.85. The van der Waals surface area contributed by atoms with Crippen LogP contribution in [0.15, 0.2) is 44.8 Å². The van der Waals surface area contributed by atoms with Crippen molar-refractivity contribution in [3.05, 3.63) is 62.4 Å². The minimum absolute atomic E-state index is 0.0375. The number of sulfonamides is 1. The molecule has 0 aliphatic rings. The van der Waals surface area contributed by atoms with Gasteiger partial charge in [-0.1, -0.05) is 31.5 Å². The Labute approximate surface area is 169 Å². The molecule has 1 atom stereocenters. The summed E-state index contributed by atoms with van der Waals surface area (Å²) < 4.78 is 34.9. The maximum atomic E-state index is 12.6. The van der Waals surface area contributed by atoms with E-state index < -0.39 is 39.2 Å². The van der Waals surface area contributed by atoms with Crippen LogP contribution < -0.4 is 16.0 Å². The summed E-state index contributed by atoms with van der Waals surface area (Å²) in [6, 6.07) is 6.29. The van der Waals surface area contributed by atoms with Crippen LogP contribution >= 0.6 is 0 Å². The molecule has 1 aromatic heterocycles. The average Bonchev–Trinajstić information content (AvgIpc) is 2.66. The van der Waals surface area contributed by atoms with E-state index in [1.54, 1.807) is 26.0 Å². The summed E-state index contributed by atoms with van der Waals surface area (Å²) in [5.41, 5.74) is 0.0300. The number of ether oxygens (including phenoxy) is 1. The van der Waals surface area contributed by atoms with Crippen LogP contribution in [0.25, 0.3) is 0 Å². The van der Waals surface area contributed by atoms with Crippen molar-refractivity contribution in [2.75, 3.05) is 0 Å². The van der Waals surface area contributed by atoms with Crippen molar-refractivity contribution in [2.45, 2.75) is 38.3 Å². The zero-order valence-electron chi connectivity index (χ0n) is 17.0. The fourth-order valence-corrected chi connectivity index (χ4v) is 3.89. The lowest BCUT2D eigenvalue weighted by atomic mass is 10.1. The molecular formula is C19H25N3O6S. The van der Waals surface area contributed by atoms with Crippen LogP contribution in [0.1, 0.15) is 25.1 Å². The fraction of sp³-hybridized carbons (Fsp3) is 0.421. The zero-order valence-corrected chi connectivity index (χ0v) is 17.8. The lowest BCUT2D eigenvalue weighted by molar-refractivity contribution is -0.148. The summed E-state index contributed by atoms with van der Waals surface area (Å²) in [4.78, 5) is 36.3. The molecule has 0 saturated heterocycles. The second kappa shape index (κ2) is 8.75. The first-order valence-electron chi connectivity index (χ1n) is 8.95. The highest BCUT2D eigenvalue weighted by atomic mass is 32.2. The van der Waals surface area contributed by atoms with Gasteiger partial charge in [0, 0.05) is 20.2 Å². The van der Waals surface area contributed by atoms with Gasteiger partial charge < -0.3 is 4.74 Å². The molecule has 1 aromatic carbocycles. The number of hydrogen-bond donors (Lipinski definition) is 1. The molecule has 29 heavy (non-hydrogen) atoms. The number of hydrogen-bond acceptors (Lipinski definition) is 6. The molecular weight excluding hydrogens is 398 g/mol. The predicted octanol–water partition coefficient (Wildman–Crippen LogP) is 0.439. The van der Waals surface area contributed by atoms with Crippen molar-refractivity contribution < 1.29 is 17.9 Å². The summed E-state index contributed by atoms with van der Waals surface area (Å²) in [7, 11) is -1.14. The normalized spacial score (nSPS) is 12.8. The fourth-order valence-electron chi connectivity index (χ4n) is 2.56. The van der Waals surface area contributed by atoms with Crippen molar-refractivity contribution in [1.29, 1.82) is 0 Å². The van der Waals surface area contributed by atoms with Gasteiger partial charge in [-0.3, -0.25) is 18.7 Å². The molecule has 0 spiro atoms. The number of carbonyl (C=O) groups excluding carboxylic acids is 1. The third kappa shape index (κ3) is 5.21. The Morgan fingerprint density at radius 3 is 2.24 bits per heavy atom. The number of aryl methyl sites for hydroxylation is 1. The minimum atomic E-state index is -3.94. The lowest BCUT2D eigenvalue weighted by Gasteiger charge is -2.21. The quantitative estimate of drug-likeness (QED) is 0.646. The summed E-state index contributed by atoms with van der Waals surface area (Å²) in [5.74, 6) is -1.20. The van der Waals surface area contributed by atoms with Gasteiger partial charge in [-0.2, -0.15) is 4.72 Å². The highest BCUT2D eigenvalue weighted by Gasteiger charge is 2.30. The van der Waals surface area contributed by atoms with Crippen LogP contribution in [0.5, 0.6) is 0 Å². The molecule has 0 saturated carbocycles. The van der Waals surface area contributed by atoms with E-state index in [1.165, 1.54) is 36.9 Å². The monoisotopic (exact) mass is 423 g/mol. The molecule has 0 amide bonds. The topological polar surface area (TPSA) is 116 Å². The Bertz CT molecular complexity index is 1110. The minimum Gasteiger partial charge on any atom is -0.458 e. The maximum absolute atomic E-state index is 12.6. The highest BCUT2D eigenvalue weighted by Crippen LogP contribution is 2.14. The molecule has 0 bridgehead atoms. The molecule has 1 heterocycles. The van der Waals surface area contributed by atoms with Gasteiger partial charge in [0.2, 0.25) is 10.0 Å². The Balaban J connectivity index is 2.19. The van der Waals surface area contributed by atoms with Gasteiger partial charge in [-0.05, 0) is 25.0 Å². The van der Waals surface area contributed by atoms with Gasteiger partial charge >= 0.3 is 11.7 Å². The van der Waals surface area contributed by atoms with Gasteiger partial charge in [0.15, 0.2) is 0 Å². The van der Waals surface area contributed by atoms with E-state index in [-0.39, 0.29) is 17.2 Å². The van der Waals surface area contributed by atoms with E-state index in [9.17, 15) is 22.8 Å². The number of nitrogens with zero attached hydrogens (tertiary/aromatic N) is 2. The first-order chi connectivity index (χ1) is 13.4. The maximum Gasteiger partial charge on any atom is 0.330 e. The van der Waals surface area contributed by atoms with E-state index in [0.717, 1.165) is 10.1 Å². The molecule has 158 valence electrons. The number of rotatable bonds is 7. The Kier molecular flexibility index (Phi) is 6.81. The SMILES string of the molecule is Cc1ccc(S(=O)(=O)N[C@H](C(=O)OCc2cc(=O)n(C)c(=O)n2C)C(C)C)cc1. The standard InChI is InChI=1S/C19H25N3O6S/c1-12(2)17(20-29(26,27)15-8-6-13(3)7-9-15)18(24)28-11-14-10-16(23)22(5)19(25)21(14)4/h6-10,12,17,20H,11H2,1-5H3/t17-/m0/s1. The second-order valence-electron chi connectivity index (χ2n) is 7.14. The van der Waals surface area contributed by atoms with E-state index in [2.05, 4.69) is 4.72 Å². The summed E-state index contributed by atoms with van der Waals surface area (Å²) >= 11 is 0. The van der Waals surface area contributed by atoms with E-state index in [1.807, 2.05) is 6.92 Å². The van der Waals surface area contributed by atoms with E-state index in [4.69, 9.17) is 4.74 Å². The van der Waals surface area contributed by atoms with Crippen molar-refractivity contribution in [2.24, 2.45) is 20.0 Å². The molecule has 10 heteroatoms. The Morgan fingerprint density at radius 2 is 1.69 bits per heavy atom. The molecule has 2 aromatic rings. The number of benzene rings is 1. The van der Waals surface area contributed by atoms with Crippen LogP contribution in [-0.2, 0) is 40.3 Å². The van der Waals surface area contributed by atoms with E-state index >= 15 is 0 Å². The average molecular weight is 423 g/mol. The van der Waals surface area contributed by atoms with Crippen LogP contribution in [0.2, 0.25) is 0 Å². The van der Waals surface area contributed by atoms with Gasteiger partial charge in [-0.25, -0.2) is 13.2 Å². The number of aromatic nitrogens is 2. The number of nitrogens with one attached hydrogen (secondary N) is 1. The predicted molar refractivity (Wildman–Crippen MR) is 107 cm³/mol. The van der Waals surface area contributed by atoms with Crippen molar-refractivity contribution >= 4 is 16.0 Å². The number of carbonyl (C=O) groups is 1. The van der Waals surface area contributed by atoms with Crippen LogP contribution in [0, 0.1) is 12.8 Å². The van der Waals surface area contributed by atoms with E-state index in [0.29, 0.717) is 0 Å². The Hall–Kier alpha value is -2.72. The highest BCUT2D eigenvalue weighted by molar-refractivity contribution is 7.89. The molecule has 0 fully saturated rings. The lowest BCUT2D eigenvalue weighted by Crippen LogP contribution is -2.45. The molecule has 0 radical (unpaired) electrons. The van der Waals surface area contributed by atoms with Crippen LogP contribution in [0.3, 0.4) is 0 Å². The van der Waals surface area contributed by atoms with Gasteiger partial charge in [0.25, 0.3) is 5.56 Å². The first-order valence-corrected chi connectivity index (χ1v) is 10.4. The third-order valence-electron chi connectivity index (χ3n) is 4.52. The molecule has 9 nitrogen and oxygen atoms in total.